The van der Waals surface area contributed by atoms with Crippen LogP contribution in [-0.4, -0.2) is 39.5 Å². The van der Waals surface area contributed by atoms with Gasteiger partial charge in [0.15, 0.2) is 0 Å². The molecule has 12 heteroatoms. The summed E-state index contributed by atoms with van der Waals surface area (Å²) in [6, 6.07) is 5.37. The predicted octanol–water partition coefficient (Wildman–Crippen LogP) is 7.33. The van der Waals surface area contributed by atoms with Crippen LogP contribution in [0.15, 0.2) is 28.8 Å². The van der Waals surface area contributed by atoms with Crippen LogP contribution in [0.1, 0.15) is 71.1 Å². The van der Waals surface area contributed by atoms with Crippen molar-refractivity contribution < 1.29 is 33.4 Å². The van der Waals surface area contributed by atoms with Crippen LogP contribution in [0.5, 0.6) is 5.75 Å². The average Bonchev–Trinajstić information content (AvgIpc) is 3.52. The number of hydrogen-bond donors (Lipinski definition) is 2. The molecule has 2 aromatic carbocycles. The number of methoxy groups -OCH3 is 1. The zero-order chi connectivity index (χ0) is 28.2. The Labute approximate surface area is 242 Å². The van der Waals surface area contributed by atoms with E-state index < -0.39 is 17.4 Å². The third kappa shape index (κ3) is 5.07. The van der Waals surface area contributed by atoms with Gasteiger partial charge in [-0.15, -0.1) is 11.3 Å². The van der Waals surface area contributed by atoms with E-state index in [1.807, 2.05) is 0 Å². The number of benzene rings is 2. The summed E-state index contributed by atoms with van der Waals surface area (Å²) in [5.41, 5.74) is 1.10. The van der Waals surface area contributed by atoms with Crippen molar-refractivity contribution in [1.82, 2.24) is 10.1 Å². The molecule has 0 atom stereocenters. The second-order valence-electron chi connectivity index (χ2n) is 10.3. The Morgan fingerprint density at radius 2 is 1.88 bits per heavy atom. The second-order valence-corrected chi connectivity index (χ2v) is 12.1. The molecule has 210 valence electrons. The lowest BCUT2D eigenvalue weighted by Gasteiger charge is -2.34. The minimum absolute atomic E-state index is 0.102. The Bertz CT molecular complexity index is 1590. The van der Waals surface area contributed by atoms with E-state index >= 15 is 0 Å². The molecule has 2 aromatic heterocycles. The maximum absolute atomic E-state index is 13.8. The van der Waals surface area contributed by atoms with E-state index in [2.05, 4.69) is 10.1 Å². The van der Waals surface area contributed by atoms with Gasteiger partial charge in [0.1, 0.15) is 39.1 Å². The van der Waals surface area contributed by atoms with E-state index in [-0.39, 0.29) is 34.2 Å². The zero-order valence-electron chi connectivity index (χ0n) is 21.4. The van der Waals surface area contributed by atoms with E-state index in [0.29, 0.717) is 57.9 Å². The van der Waals surface area contributed by atoms with Gasteiger partial charge < -0.3 is 24.2 Å². The third-order valence-electron chi connectivity index (χ3n) is 7.56. The number of halogens is 3. The van der Waals surface area contributed by atoms with Gasteiger partial charge in [-0.2, -0.15) is 0 Å². The summed E-state index contributed by atoms with van der Waals surface area (Å²) < 4.78 is 31.8. The number of rotatable bonds is 8. The molecule has 40 heavy (non-hydrogen) atoms. The summed E-state index contributed by atoms with van der Waals surface area (Å²) in [4.78, 5) is 16.1. The van der Waals surface area contributed by atoms with Crippen LogP contribution in [0.25, 0.3) is 21.5 Å². The number of aromatic carboxylic acids is 1. The topological polar surface area (TPSA) is 115 Å². The maximum atomic E-state index is 13.8. The summed E-state index contributed by atoms with van der Waals surface area (Å²) in [5.74, 6) is -0.243. The first-order valence-electron chi connectivity index (χ1n) is 12.9. The highest BCUT2D eigenvalue weighted by Crippen LogP contribution is 2.47. The Morgan fingerprint density at radius 1 is 1.18 bits per heavy atom. The number of carboxylic acid groups (broad SMARTS) is 1. The highest BCUT2D eigenvalue weighted by atomic mass is 35.5. The van der Waals surface area contributed by atoms with Crippen LogP contribution in [0.4, 0.5) is 4.39 Å². The Balaban J connectivity index is 1.19. The number of ether oxygens (including phenoxy) is 2. The SMILES string of the molecule is COc1cc(C(=O)O)cc2sc(C3(O)CCC(OCc4c(-c5c(Cl)cc(F)cc5Cl)noc4C4CC4)CC3)nc12. The average molecular weight is 607 g/mol. The normalized spacial score (nSPS) is 21.2. The van der Waals surface area contributed by atoms with Gasteiger partial charge in [0.05, 0.1) is 40.1 Å². The molecule has 0 amide bonds. The smallest absolute Gasteiger partial charge is 0.335 e. The minimum atomic E-state index is -1.16. The van der Waals surface area contributed by atoms with Crippen LogP contribution in [0.3, 0.4) is 0 Å². The summed E-state index contributed by atoms with van der Waals surface area (Å²) in [6.07, 6.45) is 3.87. The fraction of sp³-hybridized carbons (Fsp3) is 0.393. The first-order chi connectivity index (χ1) is 19.2. The molecule has 4 aromatic rings. The summed E-state index contributed by atoms with van der Waals surface area (Å²) in [5, 5.41) is 26.0. The molecular weight excluding hydrogens is 582 g/mol. The molecule has 0 saturated heterocycles. The lowest BCUT2D eigenvalue weighted by Crippen LogP contribution is -2.34. The van der Waals surface area contributed by atoms with E-state index in [1.54, 1.807) is 6.07 Å². The molecule has 8 nitrogen and oxygen atoms in total. The van der Waals surface area contributed by atoms with E-state index in [9.17, 15) is 19.4 Å². The number of carbonyl (C=O) groups is 1. The molecule has 0 radical (unpaired) electrons. The molecule has 2 fully saturated rings. The summed E-state index contributed by atoms with van der Waals surface area (Å²) in [7, 11) is 1.46. The molecule has 2 N–H and O–H groups in total. The van der Waals surface area contributed by atoms with Gasteiger partial charge in [0.2, 0.25) is 0 Å². The van der Waals surface area contributed by atoms with Gasteiger partial charge in [-0.25, -0.2) is 14.2 Å². The molecule has 2 aliphatic carbocycles. The Hall–Kier alpha value is -2.76. The van der Waals surface area contributed by atoms with Crippen LogP contribution in [0, 0.1) is 5.82 Å². The summed E-state index contributed by atoms with van der Waals surface area (Å²) >= 11 is 14.0. The Morgan fingerprint density at radius 3 is 2.50 bits per heavy atom. The van der Waals surface area contributed by atoms with Crippen molar-refractivity contribution in [3.05, 3.63) is 62.0 Å². The molecule has 6 rings (SSSR count). The first-order valence-corrected chi connectivity index (χ1v) is 14.4. The standard InChI is InChI=1S/C28H25Cl2FN2O6S/c1-37-20-8-14(26(34)35)9-21-24(20)32-27(40-21)28(36)6-4-16(5-7-28)38-12-17-23(33-39-25(17)13-2-3-13)22-18(29)10-15(31)11-19(22)30/h8-11,13,16,36H,2-7,12H2,1H3,(H,34,35). The Kier molecular flexibility index (Phi) is 7.25. The minimum Gasteiger partial charge on any atom is -0.494 e. The first kappa shape index (κ1) is 27.4. The highest BCUT2D eigenvalue weighted by molar-refractivity contribution is 7.18. The van der Waals surface area contributed by atoms with Crippen LogP contribution in [-0.2, 0) is 16.9 Å². The molecule has 0 bridgehead atoms. The number of fused-ring (bicyclic) bond motifs is 1. The van der Waals surface area contributed by atoms with Gasteiger partial charge in [0.25, 0.3) is 0 Å². The van der Waals surface area contributed by atoms with Gasteiger partial charge in [-0.3, -0.25) is 0 Å². The molecule has 2 aliphatic rings. The van der Waals surface area contributed by atoms with Gasteiger partial charge in [-0.1, -0.05) is 28.4 Å². The van der Waals surface area contributed by atoms with Gasteiger partial charge >= 0.3 is 5.97 Å². The number of thiazole rings is 1. The van der Waals surface area contributed by atoms with E-state index in [0.717, 1.165) is 24.2 Å². The largest absolute Gasteiger partial charge is 0.494 e. The van der Waals surface area contributed by atoms with Crippen molar-refractivity contribution in [3.63, 3.8) is 0 Å². The molecule has 0 aliphatic heterocycles. The number of aromatic nitrogens is 2. The second kappa shape index (κ2) is 10.6. The number of hydrogen-bond acceptors (Lipinski definition) is 8. The summed E-state index contributed by atoms with van der Waals surface area (Å²) in [6.45, 7) is 0.216. The van der Waals surface area contributed by atoms with Crippen LogP contribution >= 0.6 is 34.5 Å². The van der Waals surface area contributed by atoms with Crippen molar-refractivity contribution in [2.45, 2.75) is 62.8 Å². The van der Waals surface area contributed by atoms with E-state index in [4.69, 9.17) is 37.2 Å². The number of carboxylic acids is 1. The monoisotopic (exact) mass is 606 g/mol. The van der Waals surface area contributed by atoms with Crippen molar-refractivity contribution in [3.8, 4) is 17.0 Å². The molecule has 2 heterocycles. The van der Waals surface area contributed by atoms with Crippen molar-refractivity contribution in [2.75, 3.05) is 7.11 Å². The van der Waals surface area contributed by atoms with Crippen LogP contribution in [0.2, 0.25) is 10.0 Å². The number of aliphatic hydroxyl groups is 1. The molecule has 2 saturated carbocycles. The molecular formula is C28H25Cl2FN2O6S. The predicted molar refractivity (Wildman–Crippen MR) is 148 cm³/mol. The quantitative estimate of drug-likeness (QED) is 0.214. The van der Waals surface area contributed by atoms with Crippen LogP contribution < -0.4 is 4.74 Å². The lowest BCUT2D eigenvalue weighted by atomic mass is 9.83. The fourth-order valence-corrected chi connectivity index (χ4v) is 7.03. The third-order valence-corrected chi connectivity index (χ3v) is 9.35. The van der Waals surface area contributed by atoms with Crippen molar-refractivity contribution in [2.24, 2.45) is 0 Å². The highest BCUT2D eigenvalue weighted by Gasteiger charge is 2.39. The lowest BCUT2D eigenvalue weighted by molar-refractivity contribution is -0.0640. The van der Waals surface area contributed by atoms with Crippen molar-refractivity contribution >= 4 is 50.7 Å². The van der Waals surface area contributed by atoms with Gasteiger partial charge in [0, 0.05) is 17.0 Å². The molecule has 0 unspecified atom stereocenters. The fourth-order valence-electron chi connectivity index (χ4n) is 5.22. The molecule has 0 spiro atoms. The van der Waals surface area contributed by atoms with Gasteiger partial charge in [-0.05, 0) is 62.8 Å². The maximum Gasteiger partial charge on any atom is 0.335 e. The van der Waals surface area contributed by atoms with Crippen molar-refractivity contribution in [1.29, 1.82) is 0 Å². The van der Waals surface area contributed by atoms with E-state index in [1.165, 1.54) is 36.6 Å². The number of nitrogens with zero attached hydrogens (tertiary/aromatic N) is 2. The zero-order valence-corrected chi connectivity index (χ0v) is 23.7.